The van der Waals surface area contributed by atoms with Crippen LogP contribution in [0.15, 0.2) is 12.2 Å². The van der Waals surface area contributed by atoms with Gasteiger partial charge in [-0.3, -0.25) is 4.79 Å². The third-order valence-corrected chi connectivity index (χ3v) is 2.01. The van der Waals surface area contributed by atoms with E-state index in [1.165, 1.54) is 0 Å². The molecule has 0 unspecified atom stereocenters. The Morgan fingerprint density at radius 3 is 2.75 bits per heavy atom. The fourth-order valence-electron chi connectivity index (χ4n) is 1.33. The van der Waals surface area contributed by atoms with Gasteiger partial charge in [-0.1, -0.05) is 12.2 Å². The average Bonchev–Trinajstić information content (AvgIpc) is 2.49. The first-order chi connectivity index (χ1) is 5.79. The van der Waals surface area contributed by atoms with Crippen LogP contribution in [0.25, 0.3) is 0 Å². The monoisotopic (exact) mass is 169 g/mol. The summed E-state index contributed by atoms with van der Waals surface area (Å²) in [5.74, 6) is -0.707. The lowest BCUT2D eigenvalue weighted by Gasteiger charge is -2.10. The van der Waals surface area contributed by atoms with Crippen LogP contribution in [0.2, 0.25) is 0 Å². The first-order valence-corrected chi connectivity index (χ1v) is 4.39. The molecule has 0 saturated heterocycles. The Hall–Kier alpha value is -0.830. The Morgan fingerprint density at radius 1 is 1.50 bits per heavy atom. The molecule has 0 heterocycles. The Morgan fingerprint density at radius 2 is 2.17 bits per heavy atom. The lowest BCUT2D eigenvalue weighted by Crippen LogP contribution is -2.27. The molecule has 0 aromatic rings. The van der Waals surface area contributed by atoms with E-state index < -0.39 is 5.97 Å². The molecule has 0 radical (unpaired) electrons. The standard InChI is InChI=1S/C9H15NO2/c11-9(12)6-3-7-10-8-4-1-2-5-8/h1-2,8,10H,3-7H2,(H,11,12). The molecule has 0 bridgehead atoms. The summed E-state index contributed by atoms with van der Waals surface area (Å²) in [7, 11) is 0. The van der Waals surface area contributed by atoms with Crippen LogP contribution < -0.4 is 5.32 Å². The van der Waals surface area contributed by atoms with Crippen molar-refractivity contribution in [3.63, 3.8) is 0 Å². The highest BCUT2D eigenvalue weighted by molar-refractivity contribution is 5.66. The third-order valence-electron chi connectivity index (χ3n) is 2.01. The molecule has 0 fully saturated rings. The van der Waals surface area contributed by atoms with Crippen molar-refractivity contribution in [3.05, 3.63) is 12.2 Å². The first kappa shape index (κ1) is 9.26. The highest BCUT2D eigenvalue weighted by atomic mass is 16.4. The zero-order chi connectivity index (χ0) is 8.81. The Labute approximate surface area is 72.5 Å². The molecular formula is C9H15NO2. The molecule has 0 saturated carbocycles. The summed E-state index contributed by atoms with van der Waals surface area (Å²) >= 11 is 0. The van der Waals surface area contributed by atoms with Crippen LogP contribution in [0.3, 0.4) is 0 Å². The van der Waals surface area contributed by atoms with Gasteiger partial charge in [-0.25, -0.2) is 0 Å². The highest BCUT2D eigenvalue weighted by Crippen LogP contribution is 2.08. The van der Waals surface area contributed by atoms with E-state index in [-0.39, 0.29) is 6.42 Å². The van der Waals surface area contributed by atoms with Crippen molar-refractivity contribution in [1.29, 1.82) is 0 Å². The van der Waals surface area contributed by atoms with Crippen LogP contribution in [0.1, 0.15) is 25.7 Å². The fourth-order valence-corrected chi connectivity index (χ4v) is 1.33. The second-order valence-corrected chi connectivity index (χ2v) is 3.09. The van der Waals surface area contributed by atoms with Crippen LogP contribution in [-0.4, -0.2) is 23.7 Å². The van der Waals surface area contributed by atoms with Gasteiger partial charge in [0.15, 0.2) is 0 Å². The van der Waals surface area contributed by atoms with Gasteiger partial charge in [-0.05, 0) is 25.8 Å². The number of carboxylic acid groups (broad SMARTS) is 1. The van der Waals surface area contributed by atoms with Gasteiger partial charge in [-0.15, -0.1) is 0 Å². The second kappa shape index (κ2) is 4.93. The zero-order valence-corrected chi connectivity index (χ0v) is 7.12. The SMILES string of the molecule is O=C(O)CCCNC1CC=CC1. The van der Waals surface area contributed by atoms with Crippen LogP contribution in [0, 0.1) is 0 Å². The number of nitrogens with one attached hydrogen (secondary N) is 1. The number of hydrogen-bond donors (Lipinski definition) is 2. The number of aliphatic carboxylic acids is 1. The molecule has 0 spiro atoms. The van der Waals surface area contributed by atoms with Crippen LogP contribution in [0.5, 0.6) is 0 Å². The predicted molar refractivity (Wildman–Crippen MR) is 47.0 cm³/mol. The molecule has 3 heteroatoms. The molecule has 0 aromatic heterocycles. The molecule has 1 rings (SSSR count). The van der Waals surface area contributed by atoms with Crippen LogP contribution in [0.4, 0.5) is 0 Å². The fraction of sp³-hybridized carbons (Fsp3) is 0.667. The van der Waals surface area contributed by atoms with E-state index in [9.17, 15) is 4.79 Å². The van der Waals surface area contributed by atoms with Gasteiger partial charge >= 0.3 is 5.97 Å². The van der Waals surface area contributed by atoms with E-state index in [1.54, 1.807) is 0 Å². The average molecular weight is 169 g/mol. The van der Waals surface area contributed by atoms with Crippen molar-refractivity contribution in [1.82, 2.24) is 5.32 Å². The van der Waals surface area contributed by atoms with Gasteiger partial charge in [0.25, 0.3) is 0 Å². The van der Waals surface area contributed by atoms with E-state index >= 15 is 0 Å². The Bertz CT molecular complexity index is 169. The van der Waals surface area contributed by atoms with Gasteiger partial charge in [0.2, 0.25) is 0 Å². The van der Waals surface area contributed by atoms with Crippen molar-refractivity contribution in [2.45, 2.75) is 31.7 Å². The van der Waals surface area contributed by atoms with Gasteiger partial charge in [0, 0.05) is 12.5 Å². The summed E-state index contributed by atoms with van der Waals surface area (Å²) in [4.78, 5) is 10.2. The van der Waals surface area contributed by atoms with Crippen LogP contribution in [-0.2, 0) is 4.79 Å². The van der Waals surface area contributed by atoms with E-state index in [1.807, 2.05) is 0 Å². The minimum Gasteiger partial charge on any atom is -0.481 e. The van der Waals surface area contributed by atoms with Gasteiger partial charge in [0.1, 0.15) is 0 Å². The van der Waals surface area contributed by atoms with E-state index in [0.717, 1.165) is 25.8 Å². The lowest BCUT2D eigenvalue weighted by molar-refractivity contribution is -0.137. The molecular weight excluding hydrogens is 154 g/mol. The smallest absolute Gasteiger partial charge is 0.303 e. The van der Waals surface area contributed by atoms with E-state index in [4.69, 9.17) is 5.11 Å². The molecule has 2 N–H and O–H groups in total. The second-order valence-electron chi connectivity index (χ2n) is 3.09. The summed E-state index contributed by atoms with van der Waals surface area (Å²) in [5.41, 5.74) is 0. The van der Waals surface area contributed by atoms with Crippen molar-refractivity contribution in [2.75, 3.05) is 6.54 Å². The summed E-state index contributed by atoms with van der Waals surface area (Å²) < 4.78 is 0. The Balaban J connectivity index is 1.92. The largest absolute Gasteiger partial charge is 0.481 e. The number of rotatable bonds is 5. The molecule has 0 aliphatic heterocycles. The molecule has 1 aliphatic carbocycles. The normalized spacial score (nSPS) is 17.0. The molecule has 0 amide bonds. The summed E-state index contributed by atoms with van der Waals surface area (Å²) in [5, 5.41) is 11.7. The number of carbonyl (C=O) groups is 1. The summed E-state index contributed by atoms with van der Waals surface area (Å²) in [6, 6.07) is 0.554. The molecule has 12 heavy (non-hydrogen) atoms. The van der Waals surface area contributed by atoms with Gasteiger partial charge < -0.3 is 10.4 Å². The van der Waals surface area contributed by atoms with Gasteiger partial charge in [-0.2, -0.15) is 0 Å². The number of carboxylic acids is 1. The minimum atomic E-state index is -0.707. The molecule has 0 aromatic carbocycles. The minimum absolute atomic E-state index is 0.271. The zero-order valence-electron chi connectivity index (χ0n) is 7.12. The Kier molecular flexibility index (Phi) is 3.80. The third kappa shape index (κ3) is 3.53. The maximum atomic E-state index is 10.2. The molecule has 0 atom stereocenters. The van der Waals surface area contributed by atoms with E-state index in [2.05, 4.69) is 17.5 Å². The molecule has 1 aliphatic rings. The molecule has 68 valence electrons. The summed E-state index contributed by atoms with van der Waals surface area (Å²) in [6.07, 6.45) is 7.50. The summed E-state index contributed by atoms with van der Waals surface area (Å²) in [6.45, 7) is 0.818. The van der Waals surface area contributed by atoms with Crippen molar-refractivity contribution >= 4 is 5.97 Å². The topological polar surface area (TPSA) is 49.3 Å². The van der Waals surface area contributed by atoms with E-state index in [0.29, 0.717) is 6.04 Å². The number of hydrogen-bond acceptors (Lipinski definition) is 2. The van der Waals surface area contributed by atoms with Crippen molar-refractivity contribution in [2.24, 2.45) is 0 Å². The molecule has 3 nitrogen and oxygen atoms in total. The van der Waals surface area contributed by atoms with Crippen LogP contribution >= 0.6 is 0 Å². The van der Waals surface area contributed by atoms with Crippen molar-refractivity contribution in [3.8, 4) is 0 Å². The maximum absolute atomic E-state index is 10.2. The highest BCUT2D eigenvalue weighted by Gasteiger charge is 2.08. The lowest BCUT2D eigenvalue weighted by atomic mass is 10.2. The quantitative estimate of drug-likeness (QED) is 0.479. The predicted octanol–water partition coefficient (Wildman–Crippen LogP) is 1.16. The van der Waals surface area contributed by atoms with Gasteiger partial charge in [0.05, 0.1) is 0 Å². The van der Waals surface area contributed by atoms with Crippen molar-refractivity contribution < 1.29 is 9.90 Å². The first-order valence-electron chi connectivity index (χ1n) is 4.39. The maximum Gasteiger partial charge on any atom is 0.303 e.